The van der Waals surface area contributed by atoms with E-state index in [-0.39, 0.29) is 6.42 Å². The number of phosphoric ester groups is 1. The quantitative estimate of drug-likeness (QED) is 0.182. The van der Waals surface area contributed by atoms with Crippen molar-refractivity contribution in [1.29, 1.82) is 0 Å². The van der Waals surface area contributed by atoms with Gasteiger partial charge in [-0.1, -0.05) is 18.2 Å². The van der Waals surface area contributed by atoms with Gasteiger partial charge in [-0.3, -0.25) is 4.52 Å². The number of esters is 1. The smallest absolute Gasteiger partial charge is 0.479 e. The van der Waals surface area contributed by atoms with Crippen molar-refractivity contribution in [3.63, 3.8) is 0 Å². The molecule has 31 heavy (non-hydrogen) atoms. The first-order valence-electron chi connectivity index (χ1n) is 8.31. The number of para-hydroxylation sites is 1. The highest BCUT2D eigenvalue weighted by Gasteiger charge is 2.40. The third-order valence-electron chi connectivity index (χ3n) is 3.43. The van der Waals surface area contributed by atoms with Gasteiger partial charge in [0.2, 0.25) is 0 Å². The molecular formula is C13H18BO13P3S. The van der Waals surface area contributed by atoms with Crippen molar-refractivity contribution >= 4 is 48.0 Å². The van der Waals surface area contributed by atoms with E-state index in [9.17, 15) is 23.7 Å². The number of benzene rings is 1. The average molecular weight is 518 g/mol. The lowest BCUT2D eigenvalue weighted by atomic mass is 9.96. The Morgan fingerprint density at radius 3 is 2.42 bits per heavy atom. The fourth-order valence-electron chi connectivity index (χ4n) is 2.35. The van der Waals surface area contributed by atoms with Gasteiger partial charge >= 0.3 is 28.3 Å². The summed E-state index contributed by atoms with van der Waals surface area (Å²) in [6.07, 6.45) is -2.02. The zero-order valence-electron chi connectivity index (χ0n) is 15.5. The van der Waals surface area contributed by atoms with E-state index >= 15 is 0 Å². The standard InChI is InChI=1S/C13H18BO13P3S/c14-12-6-10(25-13(15)8-22-9-4-2-1-3-5-9)11(24-12)7-23-29(19,20)27-30(21,31)26-28(16,17)18/h1-5,10-12H,6-8H2,(H,19,20)(H,21,31)(H2,16,17,18). The predicted molar refractivity (Wildman–Crippen MR) is 107 cm³/mol. The van der Waals surface area contributed by atoms with E-state index in [2.05, 4.69) is 25.0 Å². The van der Waals surface area contributed by atoms with Crippen LogP contribution >= 0.6 is 22.4 Å². The molecule has 1 aromatic rings. The second kappa shape index (κ2) is 11.0. The van der Waals surface area contributed by atoms with Crippen molar-refractivity contribution in [2.45, 2.75) is 24.6 Å². The van der Waals surface area contributed by atoms with E-state index in [1.54, 1.807) is 30.3 Å². The van der Waals surface area contributed by atoms with Crippen molar-refractivity contribution in [2.24, 2.45) is 0 Å². The van der Waals surface area contributed by atoms with Gasteiger partial charge in [-0.2, -0.15) is 0 Å². The molecule has 2 radical (unpaired) electrons. The molecule has 1 aliphatic heterocycles. The topological polar surface area (TPSA) is 188 Å². The van der Waals surface area contributed by atoms with Gasteiger partial charge in [0.15, 0.2) is 6.61 Å². The Labute approximate surface area is 183 Å². The number of carbonyl (C=O) groups excluding carboxylic acids is 1. The minimum Gasteiger partial charge on any atom is -0.482 e. The fraction of sp³-hybridized carbons (Fsp3) is 0.462. The summed E-state index contributed by atoms with van der Waals surface area (Å²) in [6.45, 7) is -5.94. The first-order valence-corrected chi connectivity index (χ1v) is 13.9. The Bertz CT molecular complexity index is 896. The molecule has 5 atom stereocenters. The lowest BCUT2D eigenvalue weighted by molar-refractivity contribution is -0.154. The minimum atomic E-state index is -5.30. The number of phosphoric acid groups is 2. The molecule has 0 aromatic heterocycles. The zero-order valence-corrected chi connectivity index (χ0v) is 19.0. The lowest BCUT2D eigenvalue weighted by Crippen LogP contribution is -2.32. The highest BCUT2D eigenvalue weighted by Crippen LogP contribution is 2.66. The van der Waals surface area contributed by atoms with Crippen LogP contribution in [0.1, 0.15) is 6.42 Å². The highest BCUT2D eigenvalue weighted by molar-refractivity contribution is 8.09. The lowest BCUT2D eigenvalue weighted by Gasteiger charge is -2.22. The maximum atomic E-state index is 12.0. The van der Waals surface area contributed by atoms with Gasteiger partial charge in [-0.15, -0.1) is 0 Å². The molecular weight excluding hydrogens is 500 g/mol. The summed E-state index contributed by atoms with van der Waals surface area (Å²) < 4.78 is 50.8. The Hall–Kier alpha value is -0.655. The van der Waals surface area contributed by atoms with Crippen LogP contribution in [0.25, 0.3) is 0 Å². The average Bonchev–Trinajstić information content (AvgIpc) is 2.95. The van der Waals surface area contributed by atoms with Crippen LogP contribution in [0.15, 0.2) is 30.3 Å². The van der Waals surface area contributed by atoms with Crippen molar-refractivity contribution in [1.82, 2.24) is 0 Å². The van der Waals surface area contributed by atoms with Crippen LogP contribution in [-0.4, -0.2) is 64.8 Å². The van der Waals surface area contributed by atoms with Crippen LogP contribution < -0.4 is 4.74 Å². The van der Waals surface area contributed by atoms with Crippen LogP contribution in [0.4, 0.5) is 0 Å². The van der Waals surface area contributed by atoms with E-state index in [0.717, 1.165) is 0 Å². The van der Waals surface area contributed by atoms with Crippen LogP contribution in [0.5, 0.6) is 5.75 Å². The van der Waals surface area contributed by atoms with Crippen LogP contribution in [-0.2, 0) is 48.4 Å². The van der Waals surface area contributed by atoms with Gasteiger partial charge in [-0.05, 0) is 23.9 Å². The van der Waals surface area contributed by atoms with Gasteiger partial charge in [0.25, 0.3) is 0 Å². The predicted octanol–water partition coefficient (Wildman–Crippen LogP) is 0.720. The molecule has 0 bridgehead atoms. The molecule has 13 nitrogen and oxygen atoms in total. The third-order valence-corrected chi connectivity index (χ3v) is 8.43. The first kappa shape index (κ1) is 26.6. The van der Waals surface area contributed by atoms with E-state index < -0.39 is 59.8 Å². The molecule has 0 saturated carbocycles. The fourth-order valence-corrected chi connectivity index (χ4v) is 6.92. The molecule has 1 aromatic carbocycles. The molecule has 1 heterocycles. The Balaban J connectivity index is 1.87. The summed E-state index contributed by atoms with van der Waals surface area (Å²) in [7, 11) is -4.80. The van der Waals surface area contributed by atoms with Crippen molar-refractivity contribution in [2.75, 3.05) is 13.2 Å². The summed E-state index contributed by atoms with van der Waals surface area (Å²) in [6, 6.07) is 7.59. The maximum absolute atomic E-state index is 12.0. The SMILES string of the molecule is [B]C1CC(OC(=O)COc2ccccc2)C(COP(=O)(O)OP(O)(=S)OP(=O)(O)O)O1. The molecule has 1 fully saturated rings. The van der Waals surface area contributed by atoms with Crippen LogP contribution in [0.2, 0.25) is 0 Å². The molecule has 172 valence electrons. The van der Waals surface area contributed by atoms with E-state index in [1.165, 1.54) is 0 Å². The summed E-state index contributed by atoms with van der Waals surface area (Å²) in [5.74, 6) is -0.324. The summed E-state index contributed by atoms with van der Waals surface area (Å²) >= 11 is 4.24. The first-order chi connectivity index (χ1) is 14.2. The highest BCUT2D eigenvalue weighted by atomic mass is 32.5. The largest absolute Gasteiger partial charge is 0.482 e. The second-order valence-electron chi connectivity index (χ2n) is 5.97. The monoisotopic (exact) mass is 518 g/mol. The molecule has 0 spiro atoms. The second-order valence-corrected chi connectivity index (χ2v) is 11.8. The normalized spacial score (nSPS) is 25.4. The van der Waals surface area contributed by atoms with E-state index in [0.29, 0.717) is 5.75 Å². The Morgan fingerprint density at radius 1 is 1.16 bits per heavy atom. The van der Waals surface area contributed by atoms with Crippen molar-refractivity contribution < 1.29 is 60.9 Å². The van der Waals surface area contributed by atoms with Gasteiger partial charge < -0.3 is 33.8 Å². The molecule has 1 saturated heterocycles. The van der Waals surface area contributed by atoms with E-state index in [4.69, 9.17) is 31.8 Å². The number of ether oxygens (including phenoxy) is 3. The number of rotatable bonds is 11. The molecule has 5 unspecified atom stereocenters. The number of carbonyl (C=O) groups is 1. The molecule has 0 aliphatic carbocycles. The summed E-state index contributed by atoms with van der Waals surface area (Å²) in [5.41, 5.74) is 0. The maximum Gasteiger partial charge on any atom is 0.479 e. The summed E-state index contributed by atoms with van der Waals surface area (Å²) in [4.78, 5) is 48.3. The third kappa shape index (κ3) is 10.2. The Morgan fingerprint density at radius 2 is 1.81 bits per heavy atom. The molecule has 0 amide bonds. The van der Waals surface area contributed by atoms with Crippen molar-refractivity contribution in [3.05, 3.63) is 30.3 Å². The minimum absolute atomic E-state index is 0.0426. The summed E-state index contributed by atoms with van der Waals surface area (Å²) in [5, 5.41) is 0. The number of hydrogen-bond acceptors (Lipinski definition) is 10. The van der Waals surface area contributed by atoms with Gasteiger partial charge in [0.05, 0.1) is 6.61 Å². The van der Waals surface area contributed by atoms with E-state index in [1.807, 2.05) is 0 Å². The van der Waals surface area contributed by atoms with Crippen LogP contribution in [0, 0.1) is 0 Å². The van der Waals surface area contributed by atoms with Gasteiger partial charge in [0, 0.05) is 12.4 Å². The number of hydrogen-bond donors (Lipinski definition) is 4. The van der Waals surface area contributed by atoms with Crippen LogP contribution in [0.3, 0.4) is 0 Å². The molecule has 1 aliphatic rings. The Kier molecular flexibility index (Phi) is 9.42. The van der Waals surface area contributed by atoms with Gasteiger partial charge in [-0.25, -0.2) is 22.5 Å². The molecule has 4 N–H and O–H groups in total. The molecule has 18 heteroatoms. The zero-order chi connectivity index (χ0) is 23.3. The van der Waals surface area contributed by atoms with Gasteiger partial charge in [0.1, 0.15) is 25.8 Å². The van der Waals surface area contributed by atoms with Crippen molar-refractivity contribution in [3.8, 4) is 5.75 Å². The molecule has 2 rings (SSSR count).